The highest BCUT2D eigenvalue weighted by molar-refractivity contribution is 5.84. The number of unbranched alkanes of at least 4 members (excludes halogenated alkanes) is 15. The second-order valence-corrected chi connectivity index (χ2v) is 16.8. The normalized spacial score (nSPS) is 11.4. The van der Waals surface area contributed by atoms with Crippen LogP contribution in [0.3, 0.4) is 0 Å². The first kappa shape index (κ1) is 67.6. The molecular formula is C49H89N5O18. The molecule has 0 rings (SSSR count). The molecule has 0 aromatic rings. The summed E-state index contributed by atoms with van der Waals surface area (Å²) < 4.78 is 42.1. The van der Waals surface area contributed by atoms with Crippen molar-refractivity contribution in [3.63, 3.8) is 0 Å². The molecule has 23 nitrogen and oxygen atoms in total. The third kappa shape index (κ3) is 52.0. The van der Waals surface area contributed by atoms with Gasteiger partial charge in [0.05, 0.1) is 79.3 Å². The van der Waals surface area contributed by atoms with Crippen LogP contribution in [0.25, 0.3) is 0 Å². The van der Waals surface area contributed by atoms with Crippen molar-refractivity contribution in [2.75, 3.05) is 132 Å². The molecule has 0 fully saturated rings. The predicted molar refractivity (Wildman–Crippen MR) is 264 cm³/mol. The van der Waals surface area contributed by atoms with E-state index in [9.17, 15) is 43.5 Å². The lowest BCUT2D eigenvalue weighted by Crippen LogP contribution is -2.41. The second-order valence-electron chi connectivity index (χ2n) is 16.8. The Bertz CT molecular complexity index is 1400. The smallest absolute Gasteiger partial charge is 0.326 e. The predicted octanol–water partition coefficient (Wildman–Crippen LogP) is 2.24. The van der Waals surface area contributed by atoms with Gasteiger partial charge in [0.2, 0.25) is 29.5 Å². The summed E-state index contributed by atoms with van der Waals surface area (Å²) in [6.07, 6.45) is 18.8. The van der Waals surface area contributed by atoms with Gasteiger partial charge in [-0.15, -0.1) is 0 Å². The van der Waals surface area contributed by atoms with Crippen molar-refractivity contribution in [1.29, 1.82) is 0 Å². The molecule has 0 bridgehead atoms. The number of carbonyl (C=O) groups is 8. The Labute approximate surface area is 426 Å². The number of nitrogens with one attached hydrogen (secondary N) is 5. The highest BCUT2D eigenvalue weighted by atomic mass is 16.5. The van der Waals surface area contributed by atoms with Gasteiger partial charge in [0, 0.05) is 45.4 Å². The molecule has 7 N–H and O–H groups in total. The zero-order valence-electron chi connectivity index (χ0n) is 42.9. The number of hydrogen-bond donors (Lipinski definition) is 7. The maximum atomic E-state index is 12.4. The summed E-state index contributed by atoms with van der Waals surface area (Å²) in [7, 11) is 0. The lowest BCUT2D eigenvalue weighted by molar-refractivity contribution is -0.142. The molecule has 0 saturated heterocycles. The Morgan fingerprint density at radius 1 is 0.361 bits per heavy atom. The molecule has 0 aliphatic carbocycles. The fourth-order valence-electron chi connectivity index (χ4n) is 6.63. The van der Waals surface area contributed by atoms with Crippen molar-refractivity contribution in [1.82, 2.24) is 26.6 Å². The number of rotatable bonds is 56. The van der Waals surface area contributed by atoms with E-state index in [4.69, 9.17) is 43.0 Å². The molecule has 0 unspecified atom stereocenters. The van der Waals surface area contributed by atoms with E-state index in [0.717, 1.165) is 38.5 Å². The number of aliphatic carboxylic acids is 2. The Kier molecular flexibility index (Phi) is 49.7. The maximum Gasteiger partial charge on any atom is 0.326 e. The Morgan fingerprint density at radius 2 is 0.681 bits per heavy atom. The number of carbonyl (C=O) groups excluding carboxylic acids is 6. The van der Waals surface area contributed by atoms with E-state index < -0.39 is 18.0 Å². The van der Waals surface area contributed by atoms with Gasteiger partial charge in [0.15, 0.2) is 0 Å². The van der Waals surface area contributed by atoms with Crippen molar-refractivity contribution in [2.45, 2.75) is 134 Å². The lowest BCUT2D eigenvalue weighted by Gasteiger charge is -2.14. The number of hydrogen-bond acceptors (Lipinski definition) is 16. The first-order chi connectivity index (χ1) is 35.0. The van der Waals surface area contributed by atoms with Crippen molar-refractivity contribution in [3.05, 3.63) is 0 Å². The van der Waals surface area contributed by atoms with Gasteiger partial charge in [-0.3, -0.25) is 28.8 Å². The number of aldehydes is 1. The van der Waals surface area contributed by atoms with Crippen molar-refractivity contribution < 1.29 is 86.5 Å². The molecule has 23 heteroatoms. The number of amides is 5. The minimum atomic E-state index is -1.19. The molecule has 0 aromatic carbocycles. The molecule has 0 aromatic heterocycles. The highest BCUT2D eigenvalue weighted by Crippen LogP contribution is 2.14. The van der Waals surface area contributed by atoms with Crippen LogP contribution in [0.4, 0.5) is 0 Å². The molecule has 418 valence electrons. The molecule has 0 radical (unpaired) electrons. The highest BCUT2D eigenvalue weighted by Gasteiger charge is 2.21. The quantitative estimate of drug-likeness (QED) is 0.0339. The van der Waals surface area contributed by atoms with E-state index >= 15 is 0 Å². The minimum absolute atomic E-state index is 0.0259. The molecule has 0 aliphatic heterocycles. The van der Waals surface area contributed by atoms with E-state index in [1.165, 1.54) is 57.8 Å². The van der Waals surface area contributed by atoms with Crippen LogP contribution in [0, 0.1) is 0 Å². The molecule has 0 saturated carbocycles. The zero-order valence-corrected chi connectivity index (χ0v) is 42.9. The fraction of sp³-hybridized carbons (Fsp3) is 0.837. The summed E-state index contributed by atoms with van der Waals surface area (Å²) in [4.78, 5) is 92.5. The summed E-state index contributed by atoms with van der Waals surface area (Å²) >= 11 is 0. The van der Waals surface area contributed by atoms with Gasteiger partial charge in [0.1, 0.15) is 38.8 Å². The topological polar surface area (TPSA) is 311 Å². The Balaban J connectivity index is 3.59. The Hall–Kier alpha value is -4.36. The van der Waals surface area contributed by atoms with Crippen LogP contribution in [0.15, 0.2) is 0 Å². The maximum absolute atomic E-state index is 12.4. The molecule has 0 spiro atoms. The number of carboxylic acids is 2. The van der Waals surface area contributed by atoms with Crippen molar-refractivity contribution >= 4 is 47.8 Å². The van der Waals surface area contributed by atoms with Gasteiger partial charge in [-0.1, -0.05) is 89.9 Å². The van der Waals surface area contributed by atoms with Crippen LogP contribution in [0.1, 0.15) is 128 Å². The van der Waals surface area contributed by atoms with E-state index in [1.807, 2.05) is 0 Å². The van der Waals surface area contributed by atoms with Gasteiger partial charge in [-0.2, -0.15) is 0 Å². The summed E-state index contributed by atoms with van der Waals surface area (Å²) in [5.41, 5.74) is 0. The van der Waals surface area contributed by atoms with Crippen LogP contribution < -0.4 is 26.6 Å². The first-order valence-electron chi connectivity index (χ1n) is 25.9. The standard InChI is InChI=1S/C49H89N5O18/c55-25-30-69-32-31-65-27-22-51-45(58)39-71-37-34-67-29-24-53-47(60)41-72-38-35-68-28-23-52-46(59)40-70-36-33-66-26-21-50-43(56)20-19-42(49(63)64)54-44(57)17-15-13-11-9-7-5-3-1-2-4-6-8-10-12-14-16-18-48(61)62/h25,42H,1-24,26-41H2,(H,50,56)(H,51,58)(H,52,59)(H,53,60)(H,54,57)(H,61,62)(H,63,64)/t42-/m0/s1. The van der Waals surface area contributed by atoms with Gasteiger partial charge >= 0.3 is 11.9 Å². The van der Waals surface area contributed by atoms with Crippen LogP contribution in [0.5, 0.6) is 0 Å². The summed E-state index contributed by atoms with van der Waals surface area (Å²) in [5.74, 6) is -3.53. The van der Waals surface area contributed by atoms with E-state index in [2.05, 4.69) is 26.6 Å². The SMILES string of the molecule is O=CCOCCOCCNC(=O)COCCOCCNC(=O)COCCOCCNC(=O)COCCOCCNC(=O)CC[C@H](NC(=O)CCCCCCCCCCCCCCCCCCC(=O)O)C(=O)O. The summed E-state index contributed by atoms with van der Waals surface area (Å²) in [5, 5.41) is 31.3. The molecule has 0 aliphatic rings. The van der Waals surface area contributed by atoms with E-state index in [0.29, 0.717) is 39.1 Å². The molecule has 5 amide bonds. The van der Waals surface area contributed by atoms with Crippen LogP contribution >= 0.6 is 0 Å². The van der Waals surface area contributed by atoms with Crippen molar-refractivity contribution in [3.8, 4) is 0 Å². The zero-order chi connectivity index (χ0) is 52.8. The van der Waals surface area contributed by atoms with Crippen LogP contribution in [-0.2, 0) is 76.3 Å². The third-order valence-electron chi connectivity index (χ3n) is 10.5. The average Bonchev–Trinajstić information content (AvgIpc) is 3.35. The summed E-state index contributed by atoms with van der Waals surface area (Å²) in [6, 6.07) is -1.15. The van der Waals surface area contributed by atoms with Gasteiger partial charge in [-0.05, 0) is 19.3 Å². The summed E-state index contributed by atoms with van der Waals surface area (Å²) in [6.45, 7) is 3.42. The van der Waals surface area contributed by atoms with E-state index in [1.54, 1.807) is 0 Å². The van der Waals surface area contributed by atoms with Crippen LogP contribution in [-0.4, -0.2) is 196 Å². The molecule has 1 atom stereocenters. The largest absolute Gasteiger partial charge is 0.481 e. The third-order valence-corrected chi connectivity index (χ3v) is 10.5. The fourth-order valence-corrected chi connectivity index (χ4v) is 6.63. The van der Waals surface area contributed by atoms with Crippen LogP contribution in [0.2, 0.25) is 0 Å². The first-order valence-corrected chi connectivity index (χ1v) is 25.9. The molecule has 72 heavy (non-hydrogen) atoms. The van der Waals surface area contributed by atoms with Gasteiger partial charge in [-0.25, -0.2) is 4.79 Å². The minimum Gasteiger partial charge on any atom is -0.481 e. The lowest BCUT2D eigenvalue weighted by atomic mass is 10.0. The van der Waals surface area contributed by atoms with Gasteiger partial charge in [0.25, 0.3) is 0 Å². The molecular weight excluding hydrogens is 947 g/mol. The molecule has 0 heterocycles. The number of ether oxygens (including phenoxy) is 8. The van der Waals surface area contributed by atoms with Gasteiger partial charge < -0.3 is 79.5 Å². The number of carboxylic acid groups (broad SMARTS) is 2. The Morgan fingerprint density at radius 3 is 1.03 bits per heavy atom. The average molecular weight is 1040 g/mol. The second kappa shape index (κ2) is 52.9. The van der Waals surface area contributed by atoms with Crippen molar-refractivity contribution in [2.24, 2.45) is 0 Å². The monoisotopic (exact) mass is 1040 g/mol. The van der Waals surface area contributed by atoms with E-state index in [-0.39, 0.29) is 161 Å².